The number of rotatable bonds is 19. The van der Waals surface area contributed by atoms with E-state index < -0.39 is 29.4 Å². The van der Waals surface area contributed by atoms with Gasteiger partial charge in [0, 0.05) is 119 Å². The summed E-state index contributed by atoms with van der Waals surface area (Å²) >= 11 is 0. The summed E-state index contributed by atoms with van der Waals surface area (Å²) in [6.45, 7) is 15.4. The highest BCUT2D eigenvalue weighted by Crippen LogP contribution is 2.31. The summed E-state index contributed by atoms with van der Waals surface area (Å²) in [5.74, 6) is -2.18. The number of aromatic nitrogens is 2. The molecule has 0 spiro atoms. The molecule has 2 unspecified atom stereocenters. The number of aromatic amines is 1. The first-order chi connectivity index (χ1) is 43.2. The van der Waals surface area contributed by atoms with Crippen LogP contribution >= 0.6 is 0 Å². The van der Waals surface area contributed by atoms with Gasteiger partial charge in [0.15, 0.2) is 0 Å². The summed E-state index contributed by atoms with van der Waals surface area (Å²) in [6, 6.07) is 14.8. The van der Waals surface area contributed by atoms with Crippen molar-refractivity contribution in [3.8, 4) is 0 Å². The molecule has 6 aliphatic rings. The van der Waals surface area contributed by atoms with Gasteiger partial charge in [-0.2, -0.15) is 5.10 Å². The average Bonchev–Trinajstić information content (AvgIpc) is 3.98. The highest BCUT2D eigenvalue weighted by Gasteiger charge is 2.37. The van der Waals surface area contributed by atoms with Crippen molar-refractivity contribution >= 4 is 41.7 Å². The van der Waals surface area contributed by atoms with E-state index in [1.165, 1.54) is 31.0 Å². The van der Waals surface area contributed by atoms with Crippen molar-refractivity contribution in [3.05, 3.63) is 145 Å². The van der Waals surface area contributed by atoms with Crippen LogP contribution in [0.2, 0.25) is 0 Å². The number of carbonyl (C=O) groups excluding carboxylic acids is 5. The van der Waals surface area contributed by atoms with Gasteiger partial charge in [-0.1, -0.05) is 95.0 Å². The number of carbonyl (C=O) groups is 5. The quantitative estimate of drug-likeness (QED) is 0.0768. The molecule has 1 aromatic heterocycles. The lowest BCUT2D eigenvalue weighted by Gasteiger charge is -2.41. The fourth-order valence-corrected chi connectivity index (χ4v) is 13.1. The molecule has 17 nitrogen and oxygen atoms in total. The second kappa shape index (κ2) is 34.3. The van der Waals surface area contributed by atoms with E-state index >= 15 is 4.39 Å². The number of fused-ring (bicyclic) bond motifs is 1. The lowest BCUT2D eigenvalue weighted by molar-refractivity contribution is -0.137. The third kappa shape index (κ3) is 19.0. The van der Waals surface area contributed by atoms with Gasteiger partial charge in [0.05, 0.1) is 24.3 Å². The smallest absolute Gasteiger partial charge is 0.271 e. The maximum Gasteiger partial charge on any atom is 0.271 e. The Bertz CT molecular complexity index is 3230. The molecule has 4 aliphatic heterocycles. The first kappa shape index (κ1) is 67.9. The normalized spacial score (nSPS) is 18.8. The predicted molar refractivity (Wildman–Crippen MR) is 342 cm³/mol. The van der Waals surface area contributed by atoms with E-state index in [0.29, 0.717) is 105 Å². The molecule has 5 fully saturated rings. The summed E-state index contributed by atoms with van der Waals surface area (Å²) in [5.41, 5.74) is 2.74. The summed E-state index contributed by atoms with van der Waals surface area (Å²) in [7, 11) is 1.98. The topological polar surface area (TPSA) is 187 Å². The van der Waals surface area contributed by atoms with E-state index in [1.54, 1.807) is 32.9 Å². The van der Waals surface area contributed by atoms with Gasteiger partial charge in [0.2, 0.25) is 17.7 Å². The van der Waals surface area contributed by atoms with Crippen molar-refractivity contribution in [1.29, 1.82) is 0 Å². The van der Waals surface area contributed by atoms with E-state index in [1.807, 2.05) is 68.3 Å². The Morgan fingerprint density at radius 1 is 0.730 bits per heavy atom. The number of hydrogen-bond acceptors (Lipinski definition) is 11. The highest BCUT2D eigenvalue weighted by molar-refractivity contribution is 5.98. The number of nitrogens with zero attached hydrogens (tertiary/aromatic N) is 7. The van der Waals surface area contributed by atoms with Crippen molar-refractivity contribution in [2.45, 2.75) is 123 Å². The van der Waals surface area contributed by atoms with Gasteiger partial charge in [-0.3, -0.25) is 38.6 Å². The summed E-state index contributed by atoms with van der Waals surface area (Å²) in [6.07, 6.45) is 19.6. The monoisotopic (exact) mass is 1230 g/mol. The molecule has 89 heavy (non-hydrogen) atoms. The Hall–Kier alpha value is -7.00. The Kier molecular flexibility index (Phi) is 26.1. The maximum atomic E-state index is 15.2. The Balaban J connectivity index is 0.00000121. The molecule has 5 amide bonds. The van der Waals surface area contributed by atoms with Crippen LogP contribution in [0.15, 0.2) is 77.6 Å². The zero-order chi connectivity index (χ0) is 63.2. The van der Waals surface area contributed by atoms with Gasteiger partial charge in [0.25, 0.3) is 17.4 Å². The first-order valence-electron chi connectivity index (χ1n) is 32.8. The number of amides is 5. The SMILES string of the molecule is CC.CCCCNC.O=C(NC(C(=O)N1CCN(CC2CCN(CC(=O)N3CCN(C(=O)c4cc(Cc5n[nH]c(=O)c6c5=CC=CCC=6)ccc4F)CC3)CC2)CC1)C1CCCCC1)c1cccc(C2CCCN(C(=O)CNCc3ccc(F)cc3F)C2)c1. The molecule has 0 radical (unpaired) electrons. The number of piperazine rings is 2. The molecule has 20 heteroatoms. The van der Waals surface area contributed by atoms with Crippen molar-refractivity contribution in [2.75, 3.05) is 112 Å². The molecule has 5 heterocycles. The number of hydrogen-bond donors (Lipinski definition) is 4. The third-order valence-electron chi connectivity index (χ3n) is 18.3. The molecule has 2 atom stereocenters. The van der Waals surface area contributed by atoms with Crippen LogP contribution in [0.4, 0.5) is 13.2 Å². The lowest BCUT2D eigenvalue weighted by atomic mass is 9.83. The zero-order valence-electron chi connectivity index (χ0n) is 52.8. The van der Waals surface area contributed by atoms with Crippen molar-refractivity contribution in [2.24, 2.45) is 11.8 Å². The molecule has 4 aromatic rings. The largest absolute Gasteiger partial charge is 0.341 e. The van der Waals surface area contributed by atoms with Crippen molar-refractivity contribution in [3.63, 3.8) is 0 Å². The first-order valence-corrected chi connectivity index (χ1v) is 32.8. The van der Waals surface area contributed by atoms with Crippen LogP contribution in [0, 0.1) is 29.3 Å². The number of allylic oxidation sites excluding steroid dienone is 2. The van der Waals surface area contributed by atoms with Gasteiger partial charge in [-0.15, -0.1) is 0 Å². The Labute approximate surface area is 523 Å². The van der Waals surface area contributed by atoms with Gasteiger partial charge < -0.3 is 35.6 Å². The standard InChI is InChI=1S/C62H75F3N10O6.C5H13N.C2H6/c63-49-18-17-47(54(65)36-49)37-66-38-56(76)75-22-8-13-48(40-75)45-11-7-12-46(35-45)59(78)67-58(44-9-3-1-4-10-44)62(81)74-27-25-71(26-28-74)39-42-20-23-70(24-21-42)41-57(77)72-29-31-73(32-30-72)61(80)52-33-43(16-19-53(52)64)34-55-50-14-5-2-6-15-51(50)60(79)69-68-55;1-3-4-5-6-2;1-2/h2,5,7,11-12,14-19,33,35-36,42,44,48,58,66H,1,3-4,6,8-10,13,20-32,34,37-41H2,(H,67,78)(H,69,79);6H,3-5H2,1-2H3;1-2H3. The number of likely N-dealkylation sites (tertiary alicyclic amines) is 2. The van der Waals surface area contributed by atoms with E-state index in [0.717, 1.165) is 109 Å². The Morgan fingerprint density at radius 3 is 2.19 bits per heavy atom. The second-order valence-electron chi connectivity index (χ2n) is 24.3. The summed E-state index contributed by atoms with van der Waals surface area (Å²) in [5, 5.41) is 17.4. The molecular weight excluding hydrogens is 1140 g/mol. The zero-order valence-corrected chi connectivity index (χ0v) is 52.8. The molecule has 3 aromatic carbocycles. The molecule has 1 saturated carbocycles. The minimum Gasteiger partial charge on any atom is -0.341 e. The van der Waals surface area contributed by atoms with Gasteiger partial charge >= 0.3 is 0 Å². The number of nitrogens with one attached hydrogen (secondary N) is 4. The van der Waals surface area contributed by atoms with Crippen LogP contribution in [-0.2, 0) is 27.3 Å². The van der Waals surface area contributed by atoms with Crippen LogP contribution < -0.4 is 31.9 Å². The minimum atomic E-state index is -0.658. The molecule has 0 bridgehead atoms. The minimum absolute atomic E-state index is 0.0173. The van der Waals surface area contributed by atoms with Crippen LogP contribution in [0.3, 0.4) is 0 Å². The molecule has 4 N–H and O–H groups in total. The number of benzene rings is 3. The molecule has 4 saturated heterocycles. The predicted octanol–water partition coefficient (Wildman–Crippen LogP) is 6.35. The molecule has 482 valence electrons. The molecule has 10 rings (SSSR count). The summed E-state index contributed by atoms with van der Waals surface area (Å²) in [4.78, 5) is 93.3. The fourth-order valence-electron chi connectivity index (χ4n) is 13.1. The van der Waals surface area contributed by atoms with Crippen LogP contribution in [0.25, 0.3) is 12.2 Å². The van der Waals surface area contributed by atoms with E-state index in [-0.39, 0.29) is 65.2 Å². The number of H-pyrrole nitrogens is 1. The fraction of sp³-hybridized carbons (Fsp3) is 0.551. The number of halogens is 3. The van der Waals surface area contributed by atoms with Gasteiger partial charge in [-0.25, -0.2) is 18.3 Å². The van der Waals surface area contributed by atoms with Crippen molar-refractivity contribution < 1.29 is 37.1 Å². The van der Waals surface area contributed by atoms with Crippen molar-refractivity contribution in [1.82, 2.24) is 55.5 Å². The Morgan fingerprint density at radius 2 is 1.47 bits per heavy atom. The van der Waals surface area contributed by atoms with Crippen LogP contribution in [0.1, 0.15) is 147 Å². The highest BCUT2D eigenvalue weighted by atomic mass is 19.1. The van der Waals surface area contributed by atoms with Gasteiger partial charge in [-0.05, 0) is 131 Å². The lowest BCUT2D eigenvalue weighted by Crippen LogP contribution is -2.57. The van der Waals surface area contributed by atoms with Gasteiger partial charge in [0.1, 0.15) is 23.5 Å². The van der Waals surface area contributed by atoms with E-state index in [4.69, 9.17) is 0 Å². The van der Waals surface area contributed by atoms with Crippen LogP contribution in [0.5, 0.6) is 0 Å². The van der Waals surface area contributed by atoms with E-state index in [2.05, 4.69) is 42.9 Å². The number of unbranched alkanes of at least 4 members (excludes halogenated alkanes) is 1. The van der Waals surface area contributed by atoms with E-state index in [9.17, 15) is 37.5 Å². The molecular formula is C69H94F3N11O6. The average molecular weight is 1230 g/mol. The summed E-state index contributed by atoms with van der Waals surface area (Å²) < 4.78 is 42.7. The second-order valence-corrected chi connectivity index (χ2v) is 24.3. The maximum absolute atomic E-state index is 15.2. The van der Waals surface area contributed by atoms with Crippen LogP contribution in [-0.4, -0.2) is 187 Å². The third-order valence-corrected chi connectivity index (χ3v) is 18.3. The molecule has 2 aliphatic carbocycles. The number of piperidine rings is 2.